The number of amides is 1. The van der Waals surface area contributed by atoms with Gasteiger partial charge in [0.25, 0.3) is 5.91 Å². The number of carbonyl (C=O) groups excluding carboxylic acids is 1. The van der Waals surface area contributed by atoms with Gasteiger partial charge in [-0.3, -0.25) is 4.79 Å². The van der Waals surface area contributed by atoms with Crippen LogP contribution in [-0.4, -0.2) is 17.5 Å². The Morgan fingerprint density at radius 2 is 1.76 bits per heavy atom. The maximum absolute atomic E-state index is 14.4. The lowest BCUT2D eigenvalue weighted by Gasteiger charge is -2.31. The molecule has 0 saturated carbocycles. The third-order valence-corrected chi connectivity index (χ3v) is 5.64. The van der Waals surface area contributed by atoms with Crippen molar-refractivity contribution in [2.75, 3.05) is 6.73 Å². The predicted octanol–water partition coefficient (Wildman–Crippen LogP) is 6.69. The van der Waals surface area contributed by atoms with Crippen LogP contribution in [0.1, 0.15) is 15.9 Å². The Kier molecular flexibility index (Phi) is 5.51. The molecule has 0 bridgehead atoms. The molecule has 1 amide bonds. The number of halogens is 5. The number of hydrogen-bond donors (Lipinski definition) is 0. The van der Waals surface area contributed by atoms with Crippen LogP contribution in [0, 0.1) is 11.6 Å². The van der Waals surface area contributed by atoms with Crippen LogP contribution in [0.2, 0.25) is 10.0 Å². The predicted molar refractivity (Wildman–Crippen MR) is 111 cm³/mol. The number of benzene rings is 3. The zero-order valence-electron chi connectivity index (χ0n) is 14.7. The van der Waals surface area contributed by atoms with E-state index < -0.39 is 11.7 Å². The first-order valence-electron chi connectivity index (χ1n) is 8.49. The molecule has 8 heteroatoms. The van der Waals surface area contributed by atoms with Crippen molar-refractivity contribution in [3.63, 3.8) is 0 Å². The summed E-state index contributed by atoms with van der Waals surface area (Å²) in [6.07, 6.45) is 0. The van der Waals surface area contributed by atoms with Gasteiger partial charge in [-0.15, -0.1) is 0 Å². The van der Waals surface area contributed by atoms with Crippen molar-refractivity contribution in [2.24, 2.45) is 0 Å². The van der Waals surface area contributed by atoms with Gasteiger partial charge in [0, 0.05) is 21.2 Å². The van der Waals surface area contributed by atoms with Gasteiger partial charge in [-0.25, -0.2) is 8.78 Å². The molecule has 0 N–H and O–H groups in total. The molecule has 0 aliphatic carbocycles. The number of hydrogen-bond acceptors (Lipinski definition) is 2. The van der Waals surface area contributed by atoms with Crippen LogP contribution in [0.4, 0.5) is 8.78 Å². The van der Waals surface area contributed by atoms with Gasteiger partial charge in [0.2, 0.25) is 0 Å². The molecule has 4 rings (SSSR count). The van der Waals surface area contributed by atoms with E-state index in [1.165, 1.54) is 11.0 Å². The fourth-order valence-electron chi connectivity index (χ4n) is 3.22. The molecule has 3 nitrogen and oxygen atoms in total. The molecule has 0 fully saturated rings. The smallest absolute Gasteiger partial charge is 0.259 e. The minimum Gasteiger partial charge on any atom is -0.472 e. The van der Waals surface area contributed by atoms with Gasteiger partial charge < -0.3 is 9.64 Å². The van der Waals surface area contributed by atoms with E-state index in [0.29, 0.717) is 22.4 Å². The number of nitrogens with zero attached hydrogens (tertiary/aromatic N) is 1. The van der Waals surface area contributed by atoms with Crippen molar-refractivity contribution >= 4 is 45.0 Å². The minimum atomic E-state index is -0.627. The summed E-state index contributed by atoms with van der Waals surface area (Å²) in [5.41, 5.74) is 1.69. The fourth-order valence-corrected chi connectivity index (χ4v) is 4.21. The lowest BCUT2D eigenvalue weighted by molar-refractivity contribution is 0.0516. The van der Waals surface area contributed by atoms with Crippen molar-refractivity contribution in [1.82, 2.24) is 4.90 Å². The normalized spacial score (nSPS) is 13.1. The van der Waals surface area contributed by atoms with E-state index in [1.54, 1.807) is 30.3 Å². The van der Waals surface area contributed by atoms with E-state index in [9.17, 15) is 13.6 Å². The van der Waals surface area contributed by atoms with Crippen LogP contribution >= 0.6 is 39.1 Å². The van der Waals surface area contributed by atoms with E-state index in [-0.39, 0.29) is 34.7 Å². The van der Waals surface area contributed by atoms with E-state index >= 15 is 0 Å². The first-order valence-corrected chi connectivity index (χ1v) is 10.0. The second-order valence-electron chi connectivity index (χ2n) is 6.44. The Hall–Kier alpha value is -2.15. The first kappa shape index (κ1) is 20.1. The van der Waals surface area contributed by atoms with E-state index in [2.05, 4.69) is 15.9 Å². The van der Waals surface area contributed by atoms with Crippen molar-refractivity contribution in [2.45, 2.75) is 6.54 Å². The fraction of sp³-hybridized carbons (Fsp3) is 0.0952. The second kappa shape index (κ2) is 7.94. The van der Waals surface area contributed by atoms with Gasteiger partial charge in [0.15, 0.2) is 6.73 Å². The summed E-state index contributed by atoms with van der Waals surface area (Å²) in [6.45, 7) is 0.129. The third kappa shape index (κ3) is 3.84. The molecule has 0 aromatic heterocycles. The zero-order chi connectivity index (χ0) is 20.7. The molecule has 3 aromatic carbocycles. The Morgan fingerprint density at radius 1 is 1.03 bits per heavy atom. The largest absolute Gasteiger partial charge is 0.472 e. The molecular weight excluding hydrogens is 487 g/mol. The summed E-state index contributed by atoms with van der Waals surface area (Å²) in [5, 5.41) is -0.147. The summed E-state index contributed by atoms with van der Waals surface area (Å²) in [7, 11) is 0. The standard InChI is InChI=1S/C21H12BrCl2F2NO2/c22-12-4-5-18(26)15(6-12)14-3-1-2-11-9-27(10-29-20(11)14)21(28)19-16(23)7-13(25)8-17(19)24/h1-8H,9-10H2. The SMILES string of the molecule is O=C(c1c(Cl)cc(F)cc1Cl)N1COc2c(cccc2-c2cc(Br)ccc2F)C1. The highest BCUT2D eigenvalue weighted by Gasteiger charge is 2.28. The summed E-state index contributed by atoms with van der Waals surface area (Å²) in [6, 6.07) is 12.0. The van der Waals surface area contributed by atoms with Crippen LogP contribution in [-0.2, 0) is 6.54 Å². The number of para-hydroxylation sites is 1. The van der Waals surface area contributed by atoms with E-state index in [4.69, 9.17) is 27.9 Å². The summed E-state index contributed by atoms with van der Waals surface area (Å²) in [5.74, 6) is -0.986. The second-order valence-corrected chi connectivity index (χ2v) is 8.17. The Balaban J connectivity index is 1.69. The van der Waals surface area contributed by atoms with Gasteiger partial charge >= 0.3 is 0 Å². The molecule has 0 atom stereocenters. The molecule has 1 aliphatic rings. The molecule has 3 aromatic rings. The molecule has 29 heavy (non-hydrogen) atoms. The molecule has 1 heterocycles. The quantitative estimate of drug-likeness (QED) is 0.393. The van der Waals surface area contributed by atoms with Crippen LogP contribution in [0.25, 0.3) is 11.1 Å². The minimum absolute atomic E-state index is 0.0102. The lowest BCUT2D eigenvalue weighted by Crippen LogP contribution is -2.37. The summed E-state index contributed by atoms with van der Waals surface area (Å²) in [4.78, 5) is 14.3. The highest BCUT2D eigenvalue weighted by atomic mass is 79.9. The highest BCUT2D eigenvalue weighted by Crippen LogP contribution is 2.39. The third-order valence-electron chi connectivity index (χ3n) is 4.55. The van der Waals surface area contributed by atoms with Crippen molar-refractivity contribution in [3.8, 4) is 16.9 Å². The summed E-state index contributed by atoms with van der Waals surface area (Å²) < 4.78 is 34.4. The number of carbonyl (C=O) groups is 1. The topological polar surface area (TPSA) is 29.5 Å². The average Bonchev–Trinajstić information content (AvgIpc) is 2.68. The number of rotatable bonds is 2. The molecule has 1 aliphatic heterocycles. The van der Waals surface area contributed by atoms with Gasteiger partial charge in [0.05, 0.1) is 22.2 Å². The molecule has 148 valence electrons. The molecule has 0 unspecified atom stereocenters. The molecule has 0 saturated heterocycles. The van der Waals surface area contributed by atoms with Gasteiger partial charge in [0.1, 0.15) is 17.4 Å². The van der Waals surface area contributed by atoms with Crippen LogP contribution < -0.4 is 4.74 Å². The summed E-state index contributed by atoms with van der Waals surface area (Å²) >= 11 is 15.4. The van der Waals surface area contributed by atoms with Gasteiger partial charge in [-0.05, 0) is 30.3 Å². The molecular formula is C21H12BrCl2F2NO2. The number of ether oxygens (including phenoxy) is 1. The highest BCUT2D eigenvalue weighted by molar-refractivity contribution is 9.10. The Bertz CT molecular complexity index is 1120. The maximum atomic E-state index is 14.4. The number of fused-ring (bicyclic) bond motifs is 1. The Labute approximate surface area is 183 Å². The first-order chi connectivity index (χ1) is 13.8. The van der Waals surface area contributed by atoms with Crippen LogP contribution in [0.3, 0.4) is 0 Å². The van der Waals surface area contributed by atoms with E-state index in [1.807, 2.05) is 0 Å². The van der Waals surface area contributed by atoms with Crippen LogP contribution in [0.15, 0.2) is 53.0 Å². The molecule has 0 radical (unpaired) electrons. The van der Waals surface area contributed by atoms with Gasteiger partial charge in [-0.2, -0.15) is 0 Å². The van der Waals surface area contributed by atoms with Crippen molar-refractivity contribution in [3.05, 3.63) is 85.8 Å². The van der Waals surface area contributed by atoms with Crippen molar-refractivity contribution in [1.29, 1.82) is 0 Å². The van der Waals surface area contributed by atoms with Crippen LogP contribution in [0.5, 0.6) is 5.75 Å². The maximum Gasteiger partial charge on any atom is 0.259 e. The monoisotopic (exact) mass is 497 g/mol. The molecule has 0 spiro atoms. The van der Waals surface area contributed by atoms with E-state index in [0.717, 1.165) is 16.6 Å². The van der Waals surface area contributed by atoms with Crippen molar-refractivity contribution < 1.29 is 18.3 Å². The zero-order valence-corrected chi connectivity index (χ0v) is 17.8. The Morgan fingerprint density at radius 3 is 2.48 bits per heavy atom. The van der Waals surface area contributed by atoms with Gasteiger partial charge in [-0.1, -0.05) is 57.3 Å². The average molecular weight is 499 g/mol. The lowest BCUT2D eigenvalue weighted by atomic mass is 9.99.